The Kier molecular flexibility index (Phi) is 4.04. The van der Waals surface area contributed by atoms with Crippen molar-refractivity contribution in [3.8, 4) is 0 Å². The minimum absolute atomic E-state index is 0.842. The van der Waals surface area contributed by atoms with Crippen molar-refractivity contribution in [1.29, 1.82) is 0 Å². The average Bonchev–Trinajstić information content (AvgIpc) is 2.30. The summed E-state index contributed by atoms with van der Waals surface area (Å²) in [7, 11) is 0. The molecule has 2 aliphatic rings. The summed E-state index contributed by atoms with van der Waals surface area (Å²) in [5, 5.41) is 3.50. The predicted molar refractivity (Wildman–Crippen MR) is 65.0 cm³/mol. The highest BCUT2D eigenvalue weighted by atomic mass is 15.2. The normalized spacial score (nSPS) is 39.2. The van der Waals surface area contributed by atoms with Crippen LogP contribution in [0.5, 0.6) is 0 Å². The molecular weight excluding hydrogens is 184 g/mol. The molecule has 2 aliphatic heterocycles. The van der Waals surface area contributed by atoms with Gasteiger partial charge in [0.05, 0.1) is 0 Å². The second-order valence-electron chi connectivity index (χ2n) is 5.45. The second kappa shape index (κ2) is 5.31. The molecule has 2 nitrogen and oxygen atoms in total. The molecule has 0 aromatic heterocycles. The molecule has 0 spiro atoms. The molecule has 2 saturated heterocycles. The van der Waals surface area contributed by atoms with Gasteiger partial charge < -0.3 is 5.32 Å². The van der Waals surface area contributed by atoms with Crippen molar-refractivity contribution in [3.63, 3.8) is 0 Å². The number of likely N-dealkylation sites (tertiary alicyclic amines) is 1. The van der Waals surface area contributed by atoms with Gasteiger partial charge in [-0.15, -0.1) is 0 Å². The van der Waals surface area contributed by atoms with E-state index < -0.39 is 0 Å². The molecule has 3 unspecified atom stereocenters. The van der Waals surface area contributed by atoms with E-state index in [1.54, 1.807) is 0 Å². The van der Waals surface area contributed by atoms with Gasteiger partial charge in [-0.3, -0.25) is 4.90 Å². The fraction of sp³-hybridized carbons (Fsp3) is 1.00. The molecule has 3 atom stereocenters. The van der Waals surface area contributed by atoms with E-state index in [1.807, 2.05) is 0 Å². The number of piperidine rings is 2. The average molecular weight is 210 g/mol. The van der Waals surface area contributed by atoms with Gasteiger partial charge in [0, 0.05) is 12.6 Å². The smallest absolute Gasteiger partial charge is 0.0145 e. The van der Waals surface area contributed by atoms with Crippen molar-refractivity contribution >= 4 is 0 Å². The lowest BCUT2D eigenvalue weighted by atomic mass is 9.88. The minimum Gasteiger partial charge on any atom is -0.316 e. The standard InChI is InChI=1S/C13H26N2/c1-3-12-5-4-8-15(10-12)13-6-7-14-9-11(13)2/h11-14H,3-10H2,1-2H3. The molecule has 1 N–H and O–H groups in total. The van der Waals surface area contributed by atoms with Gasteiger partial charge in [0.25, 0.3) is 0 Å². The first-order valence-corrected chi connectivity index (χ1v) is 6.76. The number of hydrogen-bond donors (Lipinski definition) is 1. The van der Waals surface area contributed by atoms with Crippen LogP contribution >= 0.6 is 0 Å². The van der Waals surface area contributed by atoms with E-state index in [-0.39, 0.29) is 0 Å². The lowest BCUT2D eigenvalue weighted by Gasteiger charge is -2.43. The van der Waals surface area contributed by atoms with Crippen molar-refractivity contribution in [2.75, 3.05) is 26.2 Å². The van der Waals surface area contributed by atoms with Gasteiger partial charge in [0.1, 0.15) is 0 Å². The first-order valence-electron chi connectivity index (χ1n) is 6.76. The summed E-state index contributed by atoms with van der Waals surface area (Å²) in [6.45, 7) is 9.92. The number of hydrogen-bond acceptors (Lipinski definition) is 2. The van der Waals surface area contributed by atoms with Crippen molar-refractivity contribution in [2.45, 2.75) is 45.6 Å². The third-order valence-corrected chi connectivity index (χ3v) is 4.34. The summed E-state index contributed by atoms with van der Waals surface area (Å²) in [5.41, 5.74) is 0. The maximum atomic E-state index is 3.50. The fourth-order valence-electron chi connectivity index (χ4n) is 3.27. The summed E-state index contributed by atoms with van der Waals surface area (Å²) in [6.07, 6.45) is 5.62. The molecule has 0 bridgehead atoms. The van der Waals surface area contributed by atoms with E-state index in [1.165, 1.54) is 51.9 Å². The van der Waals surface area contributed by atoms with Crippen LogP contribution in [0.4, 0.5) is 0 Å². The lowest BCUT2D eigenvalue weighted by Crippen LogP contribution is -2.51. The van der Waals surface area contributed by atoms with Gasteiger partial charge in [0.2, 0.25) is 0 Å². The van der Waals surface area contributed by atoms with Crippen molar-refractivity contribution in [2.24, 2.45) is 11.8 Å². The molecular formula is C13H26N2. The van der Waals surface area contributed by atoms with E-state index in [4.69, 9.17) is 0 Å². The monoisotopic (exact) mass is 210 g/mol. The Bertz CT molecular complexity index is 193. The Labute approximate surface area is 94.4 Å². The molecule has 0 aromatic carbocycles. The Hall–Kier alpha value is -0.0800. The van der Waals surface area contributed by atoms with Gasteiger partial charge in [-0.05, 0) is 50.7 Å². The molecule has 2 rings (SSSR count). The van der Waals surface area contributed by atoms with Crippen molar-refractivity contribution in [1.82, 2.24) is 10.2 Å². The van der Waals surface area contributed by atoms with Crippen LogP contribution in [-0.4, -0.2) is 37.1 Å². The Balaban J connectivity index is 1.90. The number of nitrogens with one attached hydrogen (secondary N) is 1. The van der Waals surface area contributed by atoms with Gasteiger partial charge in [-0.25, -0.2) is 0 Å². The van der Waals surface area contributed by atoms with E-state index in [0.717, 1.165) is 17.9 Å². The topological polar surface area (TPSA) is 15.3 Å². The van der Waals surface area contributed by atoms with Crippen LogP contribution in [0.15, 0.2) is 0 Å². The third-order valence-electron chi connectivity index (χ3n) is 4.34. The first-order chi connectivity index (χ1) is 7.31. The summed E-state index contributed by atoms with van der Waals surface area (Å²) < 4.78 is 0. The molecule has 0 aromatic rings. The maximum Gasteiger partial charge on any atom is 0.0145 e. The van der Waals surface area contributed by atoms with Crippen LogP contribution in [-0.2, 0) is 0 Å². The highest BCUT2D eigenvalue weighted by molar-refractivity contribution is 4.86. The Morgan fingerprint density at radius 2 is 2.20 bits per heavy atom. The van der Waals surface area contributed by atoms with Crippen molar-refractivity contribution in [3.05, 3.63) is 0 Å². The molecule has 0 amide bonds. The molecule has 0 radical (unpaired) electrons. The minimum atomic E-state index is 0.842. The predicted octanol–water partition coefficient (Wildman–Crippen LogP) is 2.11. The van der Waals surface area contributed by atoms with E-state index in [9.17, 15) is 0 Å². The SMILES string of the molecule is CCC1CCCN(C2CCNCC2C)C1. The summed E-state index contributed by atoms with van der Waals surface area (Å²) >= 11 is 0. The maximum absolute atomic E-state index is 3.50. The summed E-state index contributed by atoms with van der Waals surface area (Å²) in [4.78, 5) is 2.78. The summed E-state index contributed by atoms with van der Waals surface area (Å²) in [6, 6.07) is 0.862. The number of rotatable bonds is 2. The molecule has 2 heteroatoms. The summed E-state index contributed by atoms with van der Waals surface area (Å²) in [5.74, 6) is 1.81. The highest BCUT2D eigenvalue weighted by Gasteiger charge is 2.30. The molecule has 88 valence electrons. The largest absolute Gasteiger partial charge is 0.316 e. The zero-order valence-electron chi connectivity index (χ0n) is 10.3. The van der Waals surface area contributed by atoms with Gasteiger partial charge >= 0.3 is 0 Å². The molecule has 0 aliphatic carbocycles. The molecule has 2 fully saturated rings. The van der Waals surface area contributed by atoms with Crippen LogP contribution < -0.4 is 5.32 Å². The van der Waals surface area contributed by atoms with E-state index >= 15 is 0 Å². The van der Waals surface area contributed by atoms with E-state index in [0.29, 0.717) is 0 Å². The third kappa shape index (κ3) is 2.73. The zero-order valence-corrected chi connectivity index (χ0v) is 10.3. The van der Waals surface area contributed by atoms with E-state index in [2.05, 4.69) is 24.1 Å². The van der Waals surface area contributed by atoms with Gasteiger partial charge in [-0.2, -0.15) is 0 Å². The Morgan fingerprint density at radius 1 is 1.33 bits per heavy atom. The van der Waals surface area contributed by atoms with Crippen LogP contribution in [0.3, 0.4) is 0 Å². The van der Waals surface area contributed by atoms with Crippen molar-refractivity contribution < 1.29 is 0 Å². The molecule has 0 saturated carbocycles. The van der Waals surface area contributed by atoms with Gasteiger partial charge in [0.15, 0.2) is 0 Å². The first kappa shape index (κ1) is 11.4. The van der Waals surface area contributed by atoms with Crippen LogP contribution in [0, 0.1) is 11.8 Å². The number of nitrogens with zero attached hydrogens (tertiary/aromatic N) is 1. The zero-order chi connectivity index (χ0) is 10.7. The van der Waals surface area contributed by atoms with Crippen LogP contribution in [0.1, 0.15) is 39.5 Å². The molecule has 15 heavy (non-hydrogen) atoms. The quantitative estimate of drug-likeness (QED) is 0.751. The second-order valence-corrected chi connectivity index (χ2v) is 5.45. The molecule has 2 heterocycles. The highest BCUT2D eigenvalue weighted by Crippen LogP contribution is 2.25. The van der Waals surface area contributed by atoms with Gasteiger partial charge in [-0.1, -0.05) is 20.3 Å². The lowest BCUT2D eigenvalue weighted by molar-refractivity contribution is 0.0723. The van der Waals surface area contributed by atoms with Crippen LogP contribution in [0.2, 0.25) is 0 Å². The van der Waals surface area contributed by atoms with Crippen LogP contribution in [0.25, 0.3) is 0 Å². The Morgan fingerprint density at radius 3 is 2.93 bits per heavy atom. The fourth-order valence-corrected chi connectivity index (χ4v) is 3.27.